The Kier molecular flexibility index (Phi) is 4.18. The fourth-order valence-corrected chi connectivity index (χ4v) is 2.68. The minimum atomic E-state index is -1.06. The molecular formula is C17H24N2O3. The zero-order chi connectivity index (χ0) is 16.7. The molecule has 0 saturated heterocycles. The summed E-state index contributed by atoms with van der Waals surface area (Å²) in [4.78, 5) is 26.6. The summed E-state index contributed by atoms with van der Waals surface area (Å²) >= 11 is 0. The molecule has 120 valence electrons. The topological polar surface area (TPSA) is 58.6 Å². The number of anilines is 2. The third kappa shape index (κ3) is 2.56. The summed E-state index contributed by atoms with van der Waals surface area (Å²) in [7, 11) is 0. The summed E-state index contributed by atoms with van der Waals surface area (Å²) in [5.74, 6) is -0.532. The van der Waals surface area contributed by atoms with Crippen molar-refractivity contribution in [1.29, 1.82) is 0 Å². The van der Waals surface area contributed by atoms with Crippen LogP contribution < -0.4 is 10.2 Å². The molecule has 1 aromatic carbocycles. The van der Waals surface area contributed by atoms with E-state index >= 15 is 0 Å². The van der Waals surface area contributed by atoms with Gasteiger partial charge in [-0.2, -0.15) is 0 Å². The van der Waals surface area contributed by atoms with Gasteiger partial charge < -0.3 is 10.1 Å². The van der Waals surface area contributed by atoms with Gasteiger partial charge in [0.15, 0.2) is 0 Å². The van der Waals surface area contributed by atoms with Crippen LogP contribution in [0.2, 0.25) is 0 Å². The van der Waals surface area contributed by atoms with Crippen LogP contribution in [-0.4, -0.2) is 30.1 Å². The molecule has 1 N–H and O–H groups in total. The molecule has 0 bridgehead atoms. The molecule has 1 unspecified atom stereocenters. The number of nitrogens with zero attached hydrogens (tertiary/aromatic N) is 1. The summed E-state index contributed by atoms with van der Waals surface area (Å²) in [6.07, 6.45) is 0. The number of aryl methyl sites for hydroxylation is 2. The van der Waals surface area contributed by atoms with Gasteiger partial charge in [-0.3, -0.25) is 9.69 Å². The van der Waals surface area contributed by atoms with Gasteiger partial charge in [-0.05, 0) is 64.8 Å². The maximum Gasteiger partial charge on any atom is 0.331 e. The van der Waals surface area contributed by atoms with Crippen molar-refractivity contribution in [3.8, 4) is 0 Å². The summed E-state index contributed by atoms with van der Waals surface area (Å²) in [5, 5.41) is 3.21. The molecule has 0 aromatic heterocycles. The van der Waals surface area contributed by atoms with Crippen molar-refractivity contribution >= 4 is 23.3 Å². The van der Waals surface area contributed by atoms with Crippen LogP contribution >= 0.6 is 0 Å². The van der Waals surface area contributed by atoms with Gasteiger partial charge in [0, 0.05) is 0 Å². The lowest BCUT2D eigenvalue weighted by Gasteiger charge is -2.42. The van der Waals surface area contributed by atoms with Crippen molar-refractivity contribution in [2.24, 2.45) is 0 Å². The number of esters is 1. The second-order valence-corrected chi connectivity index (χ2v) is 6.27. The Hall–Kier alpha value is -2.04. The van der Waals surface area contributed by atoms with Gasteiger partial charge in [0.2, 0.25) is 5.91 Å². The van der Waals surface area contributed by atoms with E-state index in [9.17, 15) is 9.59 Å². The van der Waals surface area contributed by atoms with Gasteiger partial charge in [0.05, 0.1) is 18.0 Å². The minimum absolute atomic E-state index is 0.131. The molecule has 5 heteroatoms. The third-order valence-electron chi connectivity index (χ3n) is 4.15. The summed E-state index contributed by atoms with van der Waals surface area (Å²) in [6, 6.07) is 3.58. The zero-order valence-corrected chi connectivity index (χ0v) is 14.1. The molecule has 1 aliphatic rings. The number of carbonyl (C=O) groups excluding carboxylic acids is 2. The average molecular weight is 304 g/mol. The Balaban J connectivity index is 2.58. The minimum Gasteiger partial charge on any atom is -0.464 e. The normalized spacial score (nSPS) is 17.8. The molecule has 1 aliphatic heterocycles. The van der Waals surface area contributed by atoms with Gasteiger partial charge in [-0.1, -0.05) is 0 Å². The van der Waals surface area contributed by atoms with E-state index in [1.165, 1.54) is 0 Å². The summed E-state index contributed by atoms with van der Waals surface area (Å²) in [6.45, 7) is 11.3. The first-order valence-corrected chi connectivity index (χ1v) is 7.59. The second kappa shape index (κ2) is 5.63. The van der Waals surface area contributed by atoms with Crippen molar-refractivity contribution in [3.05, 3.63) is 23.3 Å². The molecule has 0 fully saturated rings. The van der Waals surface area contributed by atoms with E-state index in [0.717, 1.165) is 22.5 Å². The molecule has 22 heavy (non-hydrogen) atoms. The fourth-order valence-electron chi connectivity index (χ4n) is 2.68. The first kappa shape index (κ1) is 16.3. The highest BCUT2D eigenvalue weighted by Gasteiger charge is 2.44. The highest BCUT2D eigenvalue weighted by molar-refractivity contribution is 6.09. The molecule has 1 aromatic rings. The first-order valence-electron chi connectivity index (χ1n) is 7.59. The SMILES string of the molecule is CCOC(=O)C(C)(C)N1C(=O)C(C)Nc2cc(C)c(C)cc21. The maximum atomic E-state index is 12.7. The van der Waals surface area contributed by atoms with E-state index in [1.54, 1.807) is 32.6 Å². The van der Waals surface area contributed by atoms with E-state index < -0.39 is 11.5 Å². The zero-order valence-electron chi connectivity index (χ0n) is 14.1. The predicted molar refractivity (Wildman–Crippen MR) is 87.2 cm³/mol. The molecule has 1 heterocycles. The largest absolute Gasteiger partial charge is 0.464 e. The van der Waals surface area contributed by atoms with Gasteiger partial charge in [0.1, 0.15) is 11.6 Å². The number of rotatable bonds is 3. The highest BCUT2D eigenvalue weighted by Crippen LogP contribution is 2.38. The number of benzene rings is 1. The van der Waals surface area contributed by atoms with Crippen molar-refractivity contribution in [2.45, 2.75) is 53.1 Å². The summed E-state index contributed by atoms with van der Waals surface area (Å²) in [5.41, 5.74) is 2.76. The maximum absolute atomic E-state index is 12.7. The molecule has 1 amide bonds. The van der Waals surface area contributed by atoms with E-state index in [0.29, 0.717) is 0 Å². The van der Waals surface area contributed by atoms with Crippen molar-refractivity contribution in [3.63, 3.8) is 0 Å². The summed E-state index contributed by atoms with van der Waals surface area (Å²) < 4.78 is 5.16. The van der Waals surface area contributed by atoms with Crippen LogP contribution in [0, 0.1) is 13.8 Å². The molecule has 1 atom stereocenters. The van der Waals surface area contributed by atoms with E-state index in [1.807, 2.05) is 26.0 Å². The van der Waals surface area contributed by atoms with Gasteiger partial charge in [0.25, 0.3) is 0 Å². The van der Waals surface area contributed by atoms with Crippen LogP contribution in [0.1, 0.15) is 38.8 Å². The number of hydrogen-bond donors (Lipinski definition) is 1. The number of hydrogen-bond acceptors (Lipinski definition) is 4. The van der Waals surface area contributed by atoms with Crippen molar-refractivity contribution < 1.29 is 14.3 Å². The molecule has 5 nitrogen and oxygen atoms in total. The molecular weight excluding hydrogens is 280 g/mol. The average Bonchev–Trinajstić information content (AvgIpc) is 2.42. The number of fused-ring (bicyclic) bond motifs is 1. The second-order valence-electron chi connectivity index (χ2n) is 6.27. The lowest BCUT2D eigenvalue weighted by atomic mass is 9.95. The van der Waals surface area contributed by atoms with Crippen LogP contribution in [0.4, 0.5) is 11.4 Å². The third-order valence-corrected chi connectivity index (χ3v) is 4.15. The molecule has 0 radical (unpaired) electrons. The molecule has 2 rings (SSSR count). The lowest BCUT2D eigenvalue weighted by molar-refractivity contribution is -0.149. The quantitative estimate of drug-likeness (QED) is 0.872. The van der Waals surface area contributed by atoms with E-state index in [2.05, 4.69) is 5.32 Å². The molecule has 0 saturated carbocycles. The smallest absolute Gasteiger partial charge is 0.331 e. The van der Waals surface area contributed by atoms with Gasteiger partial charge in [-0.15, -0.1) is 0 Å². The van der Waals surface area contributed by atoms with Crippen LogP contribution in [0.25, 0.3) is 0 Å². The predicted octanol–water partition coefficient (Wildman–Crippen LogP) is 2.79. The number of amides is 1. The standard InChI is InChI=1S/C17H24N2O3/c1-7-22-16(21)17(5,6)19-14-9-11(3)10(2)8-13(14)18-12(4)15(19)20/h8-9,12,18H,7H2,1-6H3. The van der Waals surface area contributed by atoms with Crippen LogP contribution in [-0.2, 0) is 14.3 Å². The number of nitrogens with one attached hydrogen (secondary N) is 1. The van der Waals surface area contributed by atoms with Gasteiger partial charge >= 0.3 is 5.97 Å². The Labute approximate surface area is 131 Å². The Morgan fingerprint density at radius 2 is 1.91 bits per heavy atom. The monoisotopic (exact) mass is 304 g/mol. The molecule has 0 aliphatic carbocycles. The van der Waals surface area contributed by atoms with Crippen molar-refractivity contribution in [2.75, 3.05) is 16.8 Å². The number of carbonyl (C=O) groups is 2. The Bertz CT molecular complexity index is 623. The van der Waals surface area contributed by atoms with Crippen LogP contribution in [0.15, 0.2) is 12.1 Å². The Morgan fingerprint density at radius 1 is 1.32 bits per heavy atom. The number of ether oxygens (including phenoxy) is 1. The van der Waals surface area contributed by atoms with E-state index in [-0.39, 0.29) is 18.6 Å². The van der Waals surface area contributed by atoms with Crippen LogP contribution in [0.3, 0.4) is 0 Å². The fraction of sp³-hybridized carbons (Fsp3) is 0.529. The molecule has 0 spiro atoms. The van der Waals surface area contributed by atoms with Crippen molar-refractivity contribution in [1.82, 2.24) is 0 Å². The lowest BCUT2D eigenvalue weighted by Crippen LogP contribution is -2.59. The Morgan fingerprint density at radius 3 is 2.50 bits per heavy atom. The highest BCUT2D eigenvalue weighted by atomic mass is 16.5. The van der Waals surface area contributed by atoms with E-state index in [4.69, 9.17) is 4.74 Å². The van der Waals surface area contributed by atoms with Gasteiger partial charge in [-0.25, -0.2) is 4.79 Å². The van der Waals surface area contributed by atoms with Crippen LogP contribution in [0.5, 0.6) is 0 Å². The first-order chi connectivity index (χ1) is 10.2.